The Labute approximate surface area is 74.9 Å². The molecule has 0 atom stereocenters. The van der Waals surface area contributed by atoms with Gasteiger partial charge in [-0.05, 0) is 0 Å². The first-order valence-corrected chi connectivity index (χ1v) is 8.02. The Hall–Kier alpha value is 0.152. The summed E-state index contributed by atoms with van der Waals surface area (Å²) in [5, 5.41) is 0. The van der Waals surface area contributed by atoms with E-state index in [1.165, 1.54) is 0 Å². The van der Waals surface area contributed by atoms with Gasteiger partial charge in [0.2, 0.25) is 0 Å². The van der Waals surface area contributed by atoms with E-state index in [1.807, 2.05) is 30.3 Å². The second-order valence-corrected chi connectivity index (χ2v) is 4.82. The van der Waals surface area contributed by atoms with Crippen LogP contribution in [0.2, 0.25) is 0 Å². The molecule has 0 amide bonds. The molecular formula is C7H5AlIO. The van der Waals surface area contributed by atoms with Crippen molar-refractivity contribution in [3.05, 3.63) is 35.9 Å². The molecule has 0 fully saturated rings. The Morgan fingerprint density at radius 3 is 2.40 bits per heavy atom. The second kappa shape index (κ2) is 4.12. The van der Waals surface area contributed by atoms with Crippen LogP contribution in [0.15, 0.2) is 30.3 Å². The van der Waals surface area contributed by atoms with Gasteiger partial charge < -0.3 is 0 Å². The van der Waals surface area contributed by atoms with E-state index in [0.29, 0.717) is 0 Å². The minimum atomic E-state index is -0.356. The van der Waals surface area contributed by atoms with Gasteiger partial charge in [0.15, 0.2) is 0 Å². The molecule has 0 bridgehead atoms. The predicted octanol–water partition coefficient (Wildman–Crippen LogP) is 1.88. The van der Waals surface area contributed by atoms with Crippen LogP contribution < -0.4 is 0 Å². The van der Waals surface area contributed by atoms with Gasteiger partial charge in [-0.2, -0.15) is 0 Å². The Morgan fingerprint density at radius 1 is 1.30 bits per heavy atom. The van der Waals surface area contributed by atoms with Crippen LogP contribution >= 0.6 is 18.3 Å². The molecule has 1 aromatic carbocycles. The fourth-order valence-corrected chi connectivity index (χ4v) is 2.20. The van der Waals surface area contributed by atoms with Crippen LogP contribution in [0.25, 0.3) is 0 Å². The molecule has 0 aliphatic rings. The molecule has 0 aromatic heterocycles. The molecule has 0 aliphatic heterocycles. The molecular weight excluding hydrogens is 254 g/mol. The summed E-state index contributed by atoms with van der Waals surface area (Å²) in [4.78, 5) is 11.0. The van der Waals surface area contributed by atoms with Crippen molar-refractivity contribution in [3.63, 3.8) is 0 Å². The van der Waals surface area contributed by atoms with E-state index in [1.54, 1.807) is 0 Å². The summed E-state index contributed by atoms with van der Waals surface area (Å²) in [5.41, 5.74) is 0.838. The number of halogens is 1. The Kier molecular flexibility index (Phi) is 3.40. The standard InChI is InChI=1S/C7H5IO.Al/c8-7(9)6-4-2-1-3-5-6;/h1-5H;. The molecule has 0 N–H and O–H groups in total. The van der Waals surface area contributed by atoms with E-state index in [4.69, 9.17) is 0 Å². The van der Waals surface area contributed by atoms with Crippen molar-refractivity contribution in [3.8, 4) is 0 Å². The Balaban J connectivity index is 2.95. The van der Waals surface area contributed by atoms with Crippen molar-refractivity contribution in [1.82, 2.24) is 0 Å². The Morgan fingerprint density at radius 2 is 1.90 bits per heavy atom. The summed E-state index contributed by atoms with van der Waals surface area (Å²) in [6.45, 7) is 0. The van der Waals surface area contributed by atoms with Crippen molar-refractivity contribution in [2.75, 3.05) is 0 Å². The molecule has 1 radical (unpaired) electrons. The van der Waals surface area contributed by atoms with Gasteiger partial charge in [0.05, 0.1) is 0 Å². The summed E-state index contributed by atoms with van der Waals surface area (Å²) in [7, 11) is 0. The molecule has 10 heavy (non-hydrogen) atoms. The molecule has 0 saturated heterocycles. The van der Waals surface area contributed by atoms with Crippen molar-refractivity contribution in [1.29, 1.82) is 0 Å². The molecule has 0 unspecified atom stereocenters. The SMILES string of the molecule is O=C([I]=[Al])c1ccccc1. The zero-order chi connectivity index (χ0) is 7.40. The van der Waals surface area contributed by atoms with E-state index in [0.717, 1.165) is 5.56 Å². The van der Waals surface area contributed by atoms with Gasteiger partial charge in [-0.25, -0.2) is 0 Å². The van der Waals surface area contributed by atoms with Gasteiger partial charge in [-0.15, -0.1) is 0 Å². The molecule has 1 rings (SSSR count). The fraction of sp³-hybridized carbons (Fsp3) is 0. The van der Waals surface area contributed by atoms with Crippen LogP contribution in [0.5, 0.6) is 0 Å². The van der Waals surface area contributed by atoms with Crippen molar-refractivity contribution in [2.24, 2.45) is 0 Å². The van der Waals surface area contributed by atoms with Crippen molar-refractivity contribution in [2.45, 2.75) is 0 Å². The van der Waals surface area contributed by atoms with E-state index in [9.17, 15) is 4.79 Å². The van der Waals surface area contributed by atoms with Gasteiger partial charge in [0.25, 0.3) is 0 Å². The van der Waals surface area contributed by atoms with Gasteiger partial charge in [0.1, 0.15) is 0 Å². The molecule has 0 spiro atoms. The maximum absolute atomic E-state index is 11.0. The average molecular weight is 259 g/mol. The van der Waals surface area contributed by atoms with Crippen LogP contribution in [0, 0.1) is 0 Å². The fourth-order valence-electron chi connectivity index (χ4n) is 0.632. The summed E-state index contributed by atoms with van der Waals surface area (Å²) >= 11 is 2.17. The summed E-state index contributed by atoms with van der Waals surface area (Å²) in [6, 6.07) is 9.39. The van der Waals surface area contributed by atoms with E-state index >= 15 is 0 Å². The van der Waals surface area contributed by atoms with Crippen molar-refractivity contribution >= 4 is 34.5 Å². The molecule has 0 heterocycles. The van der Waals surface area contributed by atoms with Crippen LogP contribution in [0.1, 0.15) is 10.4 Å². The van der Waals surface area contributed by atoms with Gasteiger partial charge in [-0.1, -0.05) is 0 Å². The average Bonchev–Trinajstić information content (AvgIpc) is 2.05. The molecule has 1 aromatic rings. The van der Waals surface area contributed by atoms with E-state index in [2.05, 4.69) is 12.4 Å². The van der Waals surface area contributed by atoms with Gasteiger partial charge in [-0.3, -0.25) is 0 Å². The topological polar surface area (TPSA) is 17.1 Å². The zero-order valence-corrected chi connectivity index (χ0v) is 8.56. The summed E-state index contributed by atoms with van der Waals surface area (Å²) in [6.07, 6.45) is 0. The summed E-state index contributed by atoms with van der Waals surface area (Å²) in [5.74, 6) is 0. The third-order valence-corrected chi connectivity index (χ3v) is 3.62. The van der Waals surface area contributed by atoms with E-state index < -0.39 is 0 Å². The van der Waals surface area contributed by atoms with Crippen LogP contribution in [0.4, 0.5) is 0 Å². The van der Waals surface area contributed by atoms with Crippen LogP contribution in [-0.4, -0.2) is 16.2 Å². The van der Waals surface area contributed by atoms with Gasteiger partial charge in [0, 0.05) is 0 Å². The number of benzene rings is 1. The molecule has 0 saturated carbocycles. The van der Waals surface area contributed by atoms with Crippen LogP contribution in [-0.2, 0) is 0 Å². The molecule has 49 valence electrons. The first-order valence-electron chi connectivity index (χ1n) is 2.77. The number of hydrogen-bond donors (Lipinski definition) is 0. The predicted molar refractivity (Wildman–Crippen MR) is 50.5 cm³/mol. The first-order chi connectivity index (χ1) is 4.84. The summed E-state index contributed by atoms with van der Waals surface area (Å²) < 4.78 is 0.282. The quantitative estimate of drug-likeness (QED) is 0.450. The first kappa shape index (κ1) is 8.25. The van der Waals surface area contributed by atoms with Crippen molar-refractivity contribution < 1.29 is 4.79 Å². The molecule has 0 aliphatic carbocycles. The third-order valence-electron chi connectivity index (χ3n) is 1.10. The second-order valence-electron chi connectivity index (χ2n) is 1.75. The van der Waals surface area contributed by atoms with Crippen LogP contribution in [0.3, 0.4) is 0 Å². The molecule has 1 nitrogen and oxygen atoms in total. The number of hydrogen-bond acceptors (Lipinski definition) is 1. The maximum atomic E-state index is 11.0. The third kappa shape index (κ3) is 2.08. The Bertz CT molecular complexity index is 245. The number of carbonyl (C=O) groups is 1. The normalized spacial score (nSPS) is 9.10. The van der Waals surface area contributed by atoms with E-state index in [-0.39, 0.29) is 22.1 Å². The number of rotatable bonds is 2. The van der Waals surface area contributed by atoms with Gasteiger partial charge >= 0.3 is 75.2 Å². The number of carbonyl (C=O) groups excluding carboxylic acids is 1. The zero-order valence-electron chi connectivity index (χ0n) is 5.25. The monoisotopic (exact) mass is 259 g/mol. The minimum absolute atomic E-state index is 0.282. The molecule has 3 heteroatoms.